The first-order valence-electron chi connectivity index (χ1n) is 8.56. The van der Waals surface area contributed by atoms with Crippen LogP contribution in [0.15, 0.2) is 78.0 Å². The number of benzene rings is 2. The van der Waals surface area contributed by atoms with Gasteiger partial charge in [-0.25, -0.2) is 9.37 Å². The van der Waals surface area contributed by atoms with Crippen molar-refractivity contribution < 1.29 is 13.9 Å². The largest absolute Gasteiger partial charge is 0.471 e. The van der Waals surface area contributed by atoms with Crippen LogP contribution in [0.2, 0.25) is 0 Å². The fraction of sp³-hybridized carbons (Fsp3) is 0.0455. The summed E-state index contributed by atoms with van der Waals surface area (Å²) in [5, 5.41) is 11.7. The Labute approximate surface area is 154 Å². The fourth-order valence-electron chi connectivity index (χ4n) is 3.51. The van der Waals surface area contributed by atoms with Gasteiger partial charge in [0, 0.05) is 40.5 Å². The number of aliphatic hydroxyl groups excluding tert-OH is 1. The van der Waals surface area contributed by atoms with E-state index in [1.807, 2.05) is 47.1 Å². The van der Waals surface area contributed by atoms with Crippen molar-refractivity contribution in [3.63, 3.8) is 0 Å². The number of rotatable bonds is 3. The Morgan fingerprint density at radius 1 is 1.00 bits per heavy atom. The minimum Gasteiger partial charge on any atom is -0.471 e. The molecule has 0 fully saturated rings. The highest BCUT2D eigenvalue weighted by Gasteiger charge is 2.14. The summed E-state index contributed by atoms with van der Waals surface area (Å²) in [7, 11) is 0. The fourth-order valence-corrected chi connectivity index (χ4v) is 3.51. The standard InChI is InChI=1S/C22H15FN2O2/c23-21-3-1-2-18(20(21)11-26)16-9-19(22-24-6-7-25(22)10-16)14-4-5-15-12-27-13-17(15)8-14/h1-10,12-13,26H,11H2. The number of halogens is 1. The lowest BCUT2D eigenvalue weighted by atomic mass is 9.97. The number of hydrogen-bond donors (Lipinski definition) is 1. The SMILES string of the molecule is OCc1c(F)cccc1-c1cc(-c2ccc3cocc3c2)c2nccn2c1. The van der Waals surface area contributed by atoms with Crippen LogP contribution in [0.1, 0.15) is 5.56 Å². The number of furan rings is 1. The monoisotopic (exact) mass is 358 g/mol. The van der Waals surface area contributed by atoms with Crippen LogP contribution in [0.25, 0.3) is 38.7 Å². The zero-order valence-electron chi connectivity index (χ0n) is 14.3. The molecular weight excluding hydrogens is 343 g/mol. The number of aliphatic hydroxyl groups is 1. The zero-order chi connectivity index (χ0) is 18.4. The first-order valence-corrected chi connectivity index (χ1v) is 8.56. The quantitative estimate of drug-likeness (QED) is 0.491. The van der Waals surface area contributed by atoms with Crippen molar-refractivity contribution in [2.45, 2.75) is 6.61 Å². The summed E-state index contributed by atoms with van der Waals surface area (Å²) in [6, 6.07) is 12.9. The molecule has 132 valence electrons. The van der Waals surface area contributed by atoms with E-state index in [1.54, 1.807) is 24.8 Å². The highest BCUT2D eigenvalue weighted by atomic mass is 19.1. The molecule has 0 bridgehead atoms. The molecular formula is C22H15FN2O2. The maximum atomic E-state index is 14.2. The van der Waals surface area contributed by atoms with Crippen molar-refractivity contribution in [1.29, 1.82) is 0 Å². The zero-order valence-corrected chi connectivity index (χ0v) is 14.3. The van der Waals surface area contributed by atoms with Gasteiger partial charge in [-0.3, -0.25) is 0 Å². The van der Waals surface area contributed by atoms with Gasteiger partial charge < -0.3 is 13.9 Å². The number of nitrogens with zero attached hydrogens (tertiary/aromatic N) is 2. The predicted octanol–water partition coefficient (Wildman–Crippen LogP) is 5.05. The average Bonchev–Trinajstić information content (AvgIpc) is 3.35. The van der Waals surface area contributed by atoms with Crippen LogP contribution in [0.3, 0.4) is 0 Å². The second-order valence-electron chi connectivity index (χ2n) is 6.44. The minimum atomic E-state index is -0.415. The average molecular weight is 358 g/mol. The lowest BCUT2D eigenvalue weighted by molar-refractivity contribution is 0.276. The van der Waals surface area contributed by atoms with E-state index >= 15 is 0 Å². The second kappa shape index (κ2) is 6.07. The summed E-state index contributed by atoms with van der Waals surface area (Å²) in [4.78, 5) is 4.47. The maximum Gasteiger partial charge on any atom is 0.144 e. The summed E-state index contributed by atoms with van der Waals surface area (Å²) in [6.07, 6.45) is 8.91. The van der Waals surface area contributed by atoms with Gasteiger partial charge in [0.1, 0.15) is 11.5 Å². The van der Waals surface area contributed by atoms with E-state index in [0.717, 1.165) is 33.1 Å². The molecule has 1 N–H and O–H groups in total. The Balaban J connectivity index is 1.78. The molecule has 0 saturated carbocycles. The van der Waals surface area contributed by atoms with Gasteiger partial charge in [0.15, 0.2) is 0 Å². The normalized spacial score (nSPS) is 11.5. The van der Waals surface area contributed by atoms with E-state index in [9.17, 15) is 9.50 Å². The molecule has 0 amide bonds. The molecule has 27 heavy (non-hydrogen) atoms. The van der Waals surface area contributed by atoms with Gasteiger partial charge in [-0.05, 0) is 34.9 Å². The van der Waals surface area contributed by atoms with Gasteiger partial charge in [-0.15, -0.1) is 0 Å². The predicted molar refractivity (Wildman–Crippen MR) is 102 cm³/mol. The van der Waals surface area contributed by atoms with Gasteiger partial charge in [-0.2, -0.15) is 0 Å². The van der Waals surface area contributed by atoms with E-state index < -0.39 is 5.82 Å². The van der Waals surface area contributed by atoms with Crippen molar-refractivity contribution in [2.24, 2.45) is 0 Å². The third kappa shape index (κ3) is 2.52. The minimum absolute atomic E-state index is 0.285. The molecule has 5 aromatic rings. The Bertz CT molecular complexity index is 1290. The summed E-state index contributed by atoms with van der Waals surface area (Å²) in [6.45, 7) is -0.361. The van der Waals surface area contributed by atoms with Crippen LogP contribution < -0.4 is 0 Å². The van der Waals surface area contributed by atoms with Crippen LogP contribution in [0.4, 0.5) is 4.39 Å². The number of pyridine rings is 1. The van der Waals surface area contributed by atoms with E-state index in [-0.39, 0.29) is 12.2 Å². The van der Waals surface area contributed by atoms with Gasteiger partial charge in [-0.1, -0.05) is 24.3 Å². The van der Waals surface area contributed by atoms with Crippen molar-refractivity contribution in [2.75, 3.05) is 0 Å². The van der Waals surface area contributed by atoms with Gasteiger partial charge >= 0.3 is 0 Å². The van der Waals surface area contributed by atoms with Crippen LogP contribution >= 0.6 is 0 Å². The molecule has 0 radical (unpaired) electrons. The Morgan fingerprint density at radius 3 is 2.78 bits per heavy atom. The van der Waals surface area contributed by atoms with Gasteiger partial charge in [0.25, 0.3) is 0 Å². The van der Waals surface area contributed by atoms with Gasteiger partial charge in [0.2, 0.25) is 0 Å². The number of imidazole rings is 1. The number of fused-ring (bicyclic) bond motifs is 2. The molecule has 5 heteroatoms. The highest BCUT2D eigenvalue weighted by molar-refractivity contribution is 5.90. The molecule has 0 saturated heterocycles. The van der Waals surface area contributed by atoms with Crippen molar-refractivity contribution in [3.05, 3.63) is 85.0 Å². The molecule has 3 aromatic heterocycles. The lowest BCUT2D eigenvalue weighted by Crippen LogP contribution is -1.97. The summed E-state index contributed by atoms with van der Waals surface area (Å²) >= 11 is 0. The van der Waals surface area contributed by atoms with Crippen molar-refractivity contribution in [1.82, 2.24) is 9.38 Å². The molecule has 0 aliphatic carbocycles. The third-order valence-electron chi connectivity index (χ3n) is 4.86. The van der Waals surface area contributed by atoms with E-state index in [4.69, 9.17) is 4.42 Å². The number of aromatic nitrogens is 2. The molecule has 0 atom stereocenters. The molecule has 4 nitrogen and oxygen atoms in total. The van der Waals surface area contributed by atoms with Crippen molar-refractivity contribution in [3.8, 4) is 22.3 Å². The first kappa shape index (κ1) is 15.8. The molecule has 2 aromatic carbocycles. The maximum absolute atomic E-state index is 14.2. The summed E-state index contributed by atoms with van der Waals surface area (Å²) in [5.41, 5.74) is 4.49. The van der Waals surface area contributed by atoms with Crippen LogP contribution in [-0.4, -0.2) is 14.5 Å². The second-order valence-corrected chi connectivity index (χ2v) is 6.44. The Kier molecular flexibility index (Phi) is 3.55. The summed E-state index contributed by atoms with van der Waals surface area (Å²) < 4.78 is 21.4. The van der Waals surface area contributed by atoms with Crippen LogP contribution in [0.5, 0.6) is 0 Å². The smallest absolute Gasteiger partial charge is 0.144 e. The first-order chi connectivity index (χ1) is 13.2. The molecule has 0 unspecified atom stereocenters. The van der Waals surface area contributed by atoms with Crippen LogP contribution in [0, 0.1) is 5.82 Å². The Hall–Kier alpha value is -3.44. The highest BCUT2D eigenvalue weighted by Crippen LogP contribution is 2.33. The van der Waals surface area contributed by atoms with Crippen molar-refractivity contribution >= 4 is 16.4 Å². The lowest BCUT2D eigenvalue weighted by Gasteiger charge is -2.12. The molecule has 0 spiro atoms. The van der Waals surface area contributed by atoms with E-state index in [0.29, 0.717) is 5.56 Å². The molecule has 5 rings (SSSR count). The summed E-state index contributed by atoms with van der Waals surface area (Å²) in [5.74, 6) is -0.415. The third-order valence-corrected chi connectivity index (χ3v) is 4.86. The van der Waals surface area contributed by atoms with E-state index in [2.05, 4.69) is 4.98 Å². The number of hydrogen-bond acceptors (Lipinski definition) is 3. The van der Waals surface area contributed by atoms with Crippen LogP contribution in [-0.2, 0) is 6.61 Å². The Morgan fingerprint density at radius 2 is 1.89 bits per heavy atom. The van der Waals surface area contributed by atoms with Gasteiger partial charge in [0.05, 0.1) is 19.1 Å². The molecule has 0 aliphatic rings. The topological polar surface area (TPSA) is 50.7 Å². The molecule has 0 aliphatic heterocycles. The molecule has 3 heterocycles. The van der Waals surface area contributed by atoms with E-state index in [1.165, 1.54) is 6.07 Å².